The van der Waals surface area contributed by atoms with Gasteiger partial charge < -0.3 is 15.9 Å². The smallest absolute Gasteiger partial charge is 0.143 e. The van der Waals surface area contributed by atoms with E-state index in [9.17, 15) is 5.11 Å². The van der Waals surface area contributed by atoms with Crippen LogP contribution < -0.4 is 5.73 Å². The fourth-order valence-electron chi connectivity index (χ4n) is 1.75. The number of aliphatic hydroxyl groups excluding tert-OH is 2. The van der Waals surface area contributed by atoms with E-state index < -0.39 is 6.04 Å². The van der Waals surface area contributed by atoms with Gasteiger partial charge in [-0.15, -0.1) is 0 Å². The van der Waals surface area contributed by atoms with Crippen molar-refractivity contribution in [2.24, 2.45) is 5.73 Å². The van der Waals surface area contributed by atoms with Crippen LogP contribution in [0.1, 0.15) is 24.5 Å². The summed E-state index contributed by atoms with van der Waals surface area (Å²) in [5.41, 5.74) is 9.12. The van der Waals surface area contributed by atoms with Gasteiger partial charge in [-0.2, -0.15) is 0 Å². The molecule has 4 N–H and O–H groups in total. The van der Waals surface area contributed by atoms with Crippen LogP contribution >= 0.6 is 0 Å². The molecule has 0 aliphatic carbocycles. The summed E-state index contributed by atoms with van der Waals surface area (Å²) >= 11 is 0. The molecule has 17 heavy (non-hydrogen) atoms. The second-order valence-corrected chi connectivity index (χ2v) is 3.99. The molecule has 0 aliphatic rings. The minimum Gasteiger partial charge on any atom is -0.512 e. The zero-order valence-electron chi connectivity index (χ0n) is 10.2. The van der Waals surface area contributed by atoms with Crippen LogP contribution in [0.2, 0.25) is 0 Å². The van der Waals surface area contributed by atoms with Crippen molar-refractivity contribution in [3.05, 3.63) is 53.5 Å². The number of hydrogen-bond donors (Lipinski definition) is 3. The fourth-order valence-corrected chi connectivity index (χ4v) is 1.75. The molecule has 0 fully saturated rings. The molecule has 3 heteroatoms. The predicted octanol–water partition coefficient (Wildman–Crippen LogP) is 3.07. The third-order valence-corrected chi connectivity index (χ3v) is 2.79. The van der Waals surface area contributed by atoms with Crippen LogP contribution in [-0.2, 0) is 0 Å². The van der Waals surface area contributed by atoms with Crippen molar-refractivity contribution in [3.8, 4) is 0 Å². The van der Waals surface area contributed by atoms with Crippen molar-refractivity contribution in [1.82, 2.24) is 0 Å². The first-order valence-electron chi connectivity index (χ1n) is 5.60. The molecule has 92 valence electrons. The number of benzene rings is 1. The van der Waals surface area contributed by atoms with Crippen LogP contribution in [0.3, 0.4) is 0 Å². The number of aryl methyl sites for hydroxylation is 1. The largest absolute Gasteiger partial charge is 0.512 e. The minimum atomic E-state index is -0.578. The molecule has 0 heterocycles. The topological polar surface area (TPSA) is 66.5 Å². The number of allylic oxidation sites excluding steroid dienone is 1. The van der Waals surface area contributed by atoms with Gasteiger partial charge in [0.25, 0.3) is 0 Å². The maximum Gasteiger partial charge on any atom is 0.143 e. The summed E-state index contributed by atoms with van der Waals surface area (Å²) in [6, 6.07) is 7.44. The van der Waals surface area contributed by atoms with E-state index in [-0.39, 0.29) is 5.76 Å². The molecule has 0 radical (unpaired) electrons. The zero-order chi connectivity index (χ0) is 12.8. The molecule has 0 amide bonds. The highest BCUT2D eigenvalue weighted by molar-refractivity contribution is 5.68. The lowest BCUT2D eigenvalue weighted by Crippen LogP contribution is -2.23. The van der Waals surface area contributed by atoms with E-state index in [4.69, 9.17) is 10.8 Å². The molecule has 0 aromatic heterocycles. The first-order valence-corrected chi connectivity index (χ1v) is 5.60. The maximum atomic E-state index is 9.35. The van der Waals surface area contributed by atoms with Gasteiger partial charge in [0.15, 0.2) is 0 Å². The van der Waals surface area contributed by atoms with Gasteiger partial charge in [0, 0.05) is 0 Å². The first kappa shape index (κ1) is 13.3. The Morgan fingerprint density at radius 2 is 2.06 bits per heavy atom. The van der Waals surface area contributed by atoms with Gasteiger partial charge in [-0.1, -0.05) is 30.3 Å². The first-order chi connectivity index (χ1) is 8.10. The molecule has 1 unspecified atom stereocenters. The predicted molar refractivity (Wildman–Crippen MR) is 70.8 cm³/mol. The molecule has 3 nitrogen and oxygen atoms in total. The summed E-state index contributed by atoms with van der Waals surface area (Å²) in [6.07, 6.45) is 3.12. The standard InChI is InChI=1S/C14H19NO2/c1-3-11(8-13(15)14(17)9-16)12-7-5-4-6-10(12)2/h3-7,9,13,16-17H,8,15H2,1-2H3/b11-3-,14-9?. The minimum absolute atomic E-state index is 0.196. The molecule has 0 saturated carbocycles. The van der Waals surface area contributed by atoms with Crippen LogP contribution in [0.4, 0.5) is 0 Å². The SMILES string of the molecule is C/C=C(/CC(N)C(O)=CO)c1ccccc1C. The highest BCUT2D eigenvalue weighted by Gasteiger charge is 2.12. The Hall–Kier alpha value is -1.74. The lowest BCUT2D eigenvalue weighted by atomic mass is 9.94. The van der Waals surface area contributed by atoms with Crippen LogP contribution in [0.5, 0.6) is 0 Å². The molecule has 0 bridgehead atoms. The van der Waals surface area contributed by atoms with Crippen molar-refractivity contribution in [3.63, 3.8) is 0 Å². The van der Waals surface area contributed by atoms with E-state index in [0.717, 1.165) is 11.1 Å². The summed E-state index contributed by atoms with van der Waals surface area (Å²) in [6.45, 7) is 3.97. The van der Waals surface area contributed by atoms with Gasteiger partial charge >= 0.3 is 0 Å². The quantitative estimate of drug-likeness (QED) is 0.700. The summed E-state index contributed by atoms with van der Waals surface area (Å²) in [7, 11) is 0. The molecule has 0 spiro atoms. The van der Waals surface area contributed by atoms with Gasteiger partial charge in [-0.25, -0.2) is 0 Å². The molecular weight excluding hydrogens is 214 g/mol. The van der Waals surface area contributed by atoms with Gasteiger partial charge in [-0.05, 0) is 37.0 Å². The summed E-state index contributed by atoms with van der Waals surface area (Å²) in [4.78, 5) is 0. The third-order valence-electron chi connectivity index (χ3n) is 2.79. The Kier molecular flexibility index (Phi) is 4.79. The Balaban J connectivity index is 2.92. The monoisotopic (exact) mass is 233 g/mol. The van der Waals surface area contributed by atoms with E-state index in [0.29, 0.717) is 12.7 Å². The number of aliphatic hydroxyl groups is 2. The zero-order valence-corrected chi connectivity index (χ0v) is 10.2. The fraction of sp³-hybridized carbons (Fsp3) is 0.286. The summed E-state index contributed by atoms with van der Waals surface area (Å²) in [5, 5.41) is 18.1. The van der Waals surface area contributed by atoms with Crippen molar-refractivity contribution >= 4 is 5.57 Å². The number of hydrogen-bond acceptors (Lipinski definition) is 3. The summed E-state index contributed by atoms with van der Waals surface area (Å²) in [5.74, 6) is -0.196. The van der Waals surface area contributed by atoms with Gasteiger partial charge in [0.05, 0.1) is 6.04 Å². The van der Waals surface area contributed by atoms with E-state index in [2.05, 4.69) is 0 Å². The van der Waals surface area contributed by atoms with E-state index >= 15 is 0 Å². The second-order valence-electron chi connectivity index (χ2n) is 3.99. The van der Waals surface area contributed by atoms with Crippen LogP contribution in [0, 0.1) is 6.92 Å². The average Bonchev–Trinajstić information content (AvgIpc) is 2.35. The van der Waals surface area contributed by atoms with Crippen LogP contribution in [-0.4, -0.2) is 16.3 Å². The lowest BCUT2D eigenvalue weighted by Gasteiger charge is -2.15. The highest BCUT2D eigenvalue weighted by Crippen LogP contribution is 2.23. The van der Waals surface area contributed by atoms with Crippen LogP contribution in [0.25, 0.3) is 5.57 Å². The van der Waals surface area contributed by atoms with Gasteiger partial charge in [-0.3, -0.25) is 0 Å². The molecule has 0 aliphatic heterocycles. The number of rotatable bonds is 4. The second kappa shape index (κ2) is 6.11. The Morgan fingerprint density at radius 1 is 1.41 bits per heavy atom. The van der Waals surface area contributed by atoms with Gasteiger partial charge in [0.1, 0.15) is 12.0 Å². The molecule has 0 saturated heterocycles. The van der Waals surface area contributed by atoms with Crippen LogP contribution in [0.15, 0.2) is 42.4 Å². The molecule has 1 rings (SSSR count). The third kappa shape index (κ3) is 3.36. The van der Waals surface area contributed by atoms with Crippen molar-refractivity contribution in [2.45, 2.75) is 26.3 Å². The molecule has 1 aromatic rings. The lowest BCUT2D eigenvalue weighted by molar-refractivity contribution is 0.328. The summed E-state index contributed by atoms with van der Waals surface area (Å²) < 4.78 is 0. The highest BCUT2D eigenvalue weighted by atomic mass is 16.3. The Bertz CT molecular complexity index is 436. The number of nitrogens with two attached hydrogens (primary N) is 1. The normalized spacial score (nSPS) is 14.8. The van der Waals surface area contributed by atoms with Gasteiger partial charge in [0.2, 0.25) is 0 Å². The van der Waals surface area contributed by atoms with E-state index in [1.165, 1.54) is 5.56 Å². The van der Waals surface area contributed by atoms with E-state index in [1.807, 2.05) is 44.2 Å². The molecule has 1 atom stereocenters. The van der Waals surface area contributed by atoms with Crippen molar-refractivity contribution in [2.75, 3.05) is 0 Å². The maximum absolute atomic E-state index is 9.35. The van der Waals surface area contributed by atoms with E-state index in [1.54, 1.807) is 0 Å². The average molecular weight is 233 g/mol. The molecule has 1 aromatic carbocycles. The Morgan fingerprint density at radius 3 is 2.59 bits per heavy atom. The Labute approximate surface area is 102 Å². The van der Waals surface area contributed by atoms with Crippen molar-refractivity contribution < 1.29 is 10.2 Å². The van der Waals surface area contributed by atoms with Crippen molar-refractivity contribution in [1.29, 1.82) is 0 Å². The molecular formula is C14H19NO2.